The summed E-state index contributed by atoms with van der Waals surface area (Å²) < 4.78 is 4.61. The number of aldehydes is 1. The standard InChI is InChI=1S/C8H10O2.C5H4O2/c1-6-3-2-4-8(10)7(6)5-9;6-4-5-2-1-3-7-5/h2-4,9-10H,5H2,1H3;1-4H. The maximum absolute atomic E-state index is 9.77. The molecule has 90 valence electrons. The van der Waals surface area contributed by atoms with Crippen molar-refractivity contribution in [3.05, 3.63) is 53.5 Å². The molecule has 0 radical (unpaired) electrons. The lowest BCUT2D eigenvalue weighted by Crippen LogP contribution is -1.87. The van der Waals surface area contributed by atoms with Crippen LogP contribution in [0, 0.1) is 6.92 Å². The third-order valence-electron chi connectivity index (χ3n) is 2.20. The summed E-state index contributed by atoms with van der Waals surface area (Å²) in [5, 5.41) is 17.9. The van der Waals surface area contributed by atoms with Crippen LogP contribution < -0.4 is 0 Å². The maximum atomic E-state index is 9.77. The molecule has 4 heteroatoms. The van der Waals surface area contributed by atoms with Crippen molar-refractivity contribution < 1.29 is 19.4 Å². The topological polar surface area (TPSA) is 70.7 Å². The molecular formula is C13H14O4. The molecule has 0 aliphatic rings. The van der Waals surface area contributed by atoms with Crippen LogP contribution in [0.4, 0.5) is 0 Å². The van der Waals surface area contributed by atoms with E-state index in [0.717, 1.165) is 5.56 Å². The summed E-state index contributed by atoms with van der Waals surface area (Å²) in [5.74, 6) is 0.544. The predicted octanol–water partition coefficient (Wildman–Crippen LogP) is 2.29. The zero-order valence-corrected chi connectivity index (χ0v) is 9.46. The molecule has 2 aromatic rings. The van der Waals surface area contributed by atoms with E-state index in [1.54, 1.807) is 24.3 Å². The molecule has 0 aliphatic carbocycles. The van der Waals surface area contributed by atoms with Gasteiger partial charge in [-0.05, 0) is 30.7 Å². The van der Waals surface area contributed by atoms with Crippen molar-refractivity contribution >= 4 is 6.29 Å². The first-order chi connectivity index (χ1) is 8.19. The van der Waals surface area contributed by atoms with Crippen molar-refractivity contribution in [1.82, 2.24) is 0 Å². The van der Waals surface area contributed by atoms with Crippen molar-refractivity contribution in [2.45, 2.75) is 13.5 Å². The van der Waals surface area contributed by atoms with E-state index in [9.17, 15) is 4.79 Å². The lowest BCUT2D eigenvalue weighted by atomic mass is 10.1. The van der Waals surface area contributed by atoms with Crippen LogP contribution in [0.15, 0.2) is 41.0 Å². The van der Waals surface area contributed by atoms with Gasteiger partial charge in [0.15, 0.2) is 12.0 Å². The SMILES string of the molecule is Cc1cccc(O)c1CO.O=Cc1ccco1. The lowest BCUT2D eigenvalue weighted by Gasteiger charge is -2.02. The molecule has 0 unspecified atom stereocenters. The van der Waals surface area contributed by atoms with Crippen LogP contribution in [0.1, 0.15) is 21.7 Å². The van der Waals surface area contributed by atoms with Crippen LogP contribution in [-0.2, 0) is 6.61 Å². The molecule has 1 aromatic carbocycles. The number of furan rings is 1. The van der Waals surface area contributed by atoms with E-state index in [-0.39, 0.29) is 12.4 Å². The Hall–Kier alpha value is -2.07. The molecule has 0 bridgehead atoms. The molecule has 0 saturated heterocycles. The Balaban J connectivity index is 0.000000181. The molecule has 0 aliphatic heterocycles. The minimum atomic E-state index is -0.0987. The Morgan fingerprint density at radius 3 is 2.41 bits per heavy atom. The van der Waals surface area contributed by atoms with Gasteiger partial charge in [0.05, 0.1) is 12.9 Å². The van der Waals surface area contributed by atoms with E-state index in [2.05, 4.69) is 4.42 Å². The summed E-state index contributed by atoms with van der Waals surface area (Å²) in [6, 6.07) is 8.45. The summed E-state index contributed by atoms with van der Waals surface area (Å²) in [6.45, 7) is 1.75. The Kier molecular flexibility index (Phi) is 4.97. The monoisotopic (exact) mass is 234 g/mol. The number of carbonyl (C=O) groups excluding carboxylic acids is 1. The quantitative estimate of drug-likeness (QED) is 0.782. The van der Waals surface area contributed by atoms with E-state index < -0.39 is 0 Å². The highest BCUT2D eigenvalue weighted by atomic mass is 16.3. The molecule has 0 saturated carbocycles. The van der Waals surface area contributed by atoms with E-state index in [1.165, 1.54) is 6.26 Å². The van der Waals surface area contributed by atoms with E-state index in [1.807, 2.05) is 13.0 Å². The summed E-state index contributed by atoms with van der Waals surface area (Å²) >= 11 is 0. The molecule has 17 heavy (non-hydrogen) atoms. The van der Waals surface area contributed by atoms with Gasteiger partial charge in [-0.2, -0.15) is 0 Å². The third kappa shape index (κ3) is 3.77. The van der Waals surface area contributed by atoms with Crippen molar-refractivity contribution in [2.75, 3.05) is 0 Å². The van der Waals surface area contributed by atoms with Crippen molar-refractivity contribution in [2.24, 2.45) is 0 Å². The van der Waals surface area contributed by atoms with Gasteiger partial charge in [-0.1, -0.05) is 12.1 Å². The summed E-state index contributed by atoms with van der Waals surface area (Å²) in [4.78, 5) is 9.77. The first-order valence-corrected chi connectivity index (χ1v) is 5.06. The first kappa shape index (κ1) is 13.0. The van der Waals surface area contributed by atoms with Gasteiger partial charge in [-0.25, -0.2) is 0 Å². The van der Waals surface area contributed by atoms with Crippen LogP contribution in [-0.4, -0.2) is 16.5 Å². The van der Waals surface area contributed by atoms with Gasteiger partial charge in [0.25, 0.3) is 0 Å². The number of carbonyl (C=O) groups is 1. The second-order valence-electron chi connectivity index (χ2n) is 3.36. The Labute approximate surface area is 99.1 Å². The highest BCUT2D eigenvalue weighted by Crippen LogP contribution is 2.19. The third-order valence-corrected chi connectivity index (χ3v) is 2.20. The number of aromatic hydroxyl groups is 1. The average molecular weight is 234 g/mol. The average Bonchev–Trinajstić information content (AvgIpc) is 2.83. The second-order valence-corrected chi connectivity index (χ2v) is 3.36. The van der Waals surface area contributed by atoms with Gasteiger partial charge in [-0.15, -0.1) is 0 Å². The molecular weight excluding hydrogens is 220 g/mol. The molecule has 1 heterocycles. The number of rotatable bonds is 2. The number of phenols is 1. The number of aliphatic hydroxyl groups is 1. The van der Waals surface area contributed by atoms with E-state index >= 15 is 0 Å². The van der Waals surface area contributed by atoms with Gasteiger partial charge in [0, 0.05) is 5.56 Å². The minimum Gasteiger partial charge on any atom is -0.508 e. The lowest BCUT2D eigenvalue weighted by molar-refractivity contribution is 0.110. The van der Waals surface area contributed by atoms with Crippen LogP contribution in [0.25, 0.3) is 0 Å². The number of benzene rings is 1. The molecule has 2 rings (SSSR count). The molecule has 1 aromatic heterocycles. The molecule has 0 spiro atoms. The van der Waals surface area contributed by atoms with Gasteiger partial charge < -0.3 is 14.6 Å². The Morgan fingerprint density at radius 1 is 1.29 bits per heavy atom. The first-order valence-electron chi connectivity index (χ1n) is 5.06. The van der Waals surface area contributed by atoms with Gasteiger partial charge in [0.1, 0.15) is 5.75 Å². The zero-order chi connectivity index (χ0) is 12.7. The smallest absolute Gasteiger partial charge is 0.185 e. The highest BCUT2D eigenvalue weighted by Gasteiger charge is 2.00. The molecule has 2 N–H and O–H groups in total. The number of aliphatic hydroxyl groups excluding tert-OH is 1. The van der Waals surface area contributed by atoms with Crippen LogP contribution in [0.2, 0.25) is 0 Å². The molecule has 0 amide bonds. The largest absolute Gasteiger partial charge is 0.508 e. The normalized spacial score (nSPS) is 9.29. The Bertz CT molecular complexity index is 440. The predicted molar refractivity (Wildman–Crippen MR) is 62.9 cm³/mol. The fraction of sp³-hybridized carbons (Fsp3) is 0.154. The van der Waals surface area contributed by atoms with Gasteiger partial charge >= 0.3 is 0 Å². The molecule has 0 fully saturated rings. The van der Waals surface area contributed by atoms with Gasteiger partial charge in [0.2, 0.25) is 0 Å². The maximum Gasteiger partial charge on any atom is 0.185 e. The van der Waals surface area contributed by atoms with Crippen LogP contribution in [0.5, 0.6) is 5.75 Å². The van der Waals surface area contributed by atoms with Gasteiger partial charge in [-0.3, -0.25) is 4.79 Å². The minimum absolute atomic E-state index is 0.0987. The fourth-order valence-electron chi connectivity index (χ4n) is 1.25. The Morgan fingerprint density at radius 2 is 2.06 bits per heavy atom. The van der Waals surface area contributed by atoms with E-state index in [0.29, 0.717) is 17.6 Å². The summed E-state index contributed by atoms with van der Waals surface area (Å²) in [7, 11) is 0. The molecule has 4 nitrogen and oxygen atoms in total. The molecule has 0 atom stereocenters. The highest BCUT2D eigenvalue weighted by molar-refractivity contribution is 5.69. The van der Waals surface area contributed by atoms with Crippen LogP contribution >= 0.6 is 0 Å². The van der Waals surface area contributed by atoms with Crippen LogP contribution in [0.3, 0.4) is 0 Å². The zero-order valence-electron chi connectivity index (χ0n) is 9.46. The number of hydrogen-bond acceptors (Lipinski definition) is 4. The second kappa shape index (κ2) is 6.50. The fourth-order valence-corrected chi connectivity index (χ4v) is 1.25. The van der Waals surface area contributed by atoms with E-state index in [4.69, 9.17) is 10.2 Å². The van der Waals surface area contributed by atoms with Crippen molar-refractivity contribution in [3.8, 4) is 5.75 Å². The number of aryl methyl sites for hydroxylation is 1. The van der Waals surface area contributed by atoms with Crippen molar-refractivity contribution in [3.63, 3.8) is 0 Å². The summed E-state index contributed by atoms with van der Waals surface area (Å²) in [6.07, 6.45) is 2.13. The summed E-state index contributed by atoms with van der Waals surface area (Å²) in [5.41, 5.74) is 1.53. The van der Waals surface area contributed by atoms with Crippen molar-refractivity contribution in [1.29, 1.82) is 0 Å². The number of hydrogen-bond donors (Lipinski definition) is 2.